The Morgan fingerprint density at radius 3 is 2.81 bits per heavy atom. The van der Waals surface area contributed by atoms with Gasteiger partial charge in [-0.05, 0) is 30.9 Å². The first-order chi connectivity index (χ1) is 12.7. The third kappa shape index (κ3) is 3.75. The summed E-state index contributed by atoms with van der Waals surface area (Å²) in [6.45, 7) is 2.86. The predicted molar refractivity (Wildman–Crippen MR) is 96.9 cm³/mol. The van der Waals surface area contributed by atoms with Crippen LogP contribution in [0.25, 0.3) is 0 Å². The molecular weight excluding hydrogens is 330 g/mol. The Hall–Kier alpha value is -2.34. The van der Waals surface area contributed by atoms with Gasteiger partial charge in [0, 0.05) is 31.8 Å². The fourth-order valence-corrected chi connectivity index (χ4v) is 3.62. The number of para-hydroxylation sites is 1. The van der Waals surface area contributed by atoms with Gasteiger partial charge >= 0.3 is 0 Å². The van der Waals surface area contributed by atoms with Gasteiger partial charge in [-0.25, -0.2) is 4.98 Å². The summed E-state index contributed by atoms with van der Waals surface area (Å²) in [6, 6.07) is 9.43. The molecule has 1 aliphatic heterocycles. The average molecular weight is 355 g/mol. The first-order valence-electron chi connectivity index (χ1n) is 9.23. The van der Waals surface area contributed by atoms with E-state index in [1.807, 2.05) is 41.6 Å². The van der Waals surface area contributed by atoms with E-state index in [0.717, 1.165) is 18.2 Å². The van der Waals surface area contributed by atoms with Crippen LogP contribution in [-0.2, 0) is 22.6 Å². The number of ether oxygens (including phenoxy) is 2. The number of benzene rings is 1. The molecule has 0 bridgehead atoms. The predicted octanol–water partition coefficient (Wildman–Crippen LogP) is 2.44. The van der Waals surface area contributed by atoms with Crippen molar-refractivity contribution >= 4 is 5.91 Å². The fraction of sp³-hybridized carbons (Fsp3) is 0.500. The second-order valence-corrected chi connectivity index (χ2v) is 7.20. The molecule has 0 saturated heterocycles. The van der Waals surface area contributed by atoms with E-state index in [2.05, 4.69) is 9.55 Å². The number of imidazole rings is 1. The van der Waals surface area contributed by atoms with E-state index in [-0.39, 0.29) is 18.4 Å². The van der Waals surface area contributed by atoms with Crippen LogP contribution in [0.5, 0.6) is 5.75 Å². The highest BCUT2D eigenvalue weighted by molar-refractivity contribution is 5.78. The number of aromatic nitrogens is 2. The Labute approximate surface area is 153 Å². The fourth-order valence-electron chi connectivity index (χ4n) is 3.62. The van der Waals surface area contributed by atoms with Crippen molar-refractivity contribution in [2.75, 3.05) is 26.9 Å². The Balaban J connectivity index is 1.45. The molecule has 2 aliphatic rings. The van der Waals surface area contributed by atoms with E-state index < -0.39 is 0 Å². The van der Waals surface area contributed by atoms with E-state index in [0.29, 0.717) is 25.4 Å². The van der Waals surface area contributed by atoms with Crippen LogP contribution in [0.4, 0.5) is 0 Å². The Bertz CT molecular complexity index is 755. The van der Waals surface area contributed by atoms with Crippen molar-refractivity contribution in [1.82, 2.24) is 14.5 Å². The monoisotopic (exact) mass is 355 g/mol. The van der Waals surface area contributed by atoms with E-state index in [4.69, 9.17) is 9.47 Å². The van der Waals surface area contributed by atoms with Crippen molar-refractivity contribution in [3.05, 3.63) is 48.0 Å². The van der Waals surface area contributed by atoms with Gasteiger partial charge in [0.15, 0.2) is 6.61 Å². The number of carbonyl (C=O) groups is 1. The summed E-state index contributed by atoms with van der Waals surface area (Å²) < 4.78 is 13.3. The highest BCUT2D eigenvalue weighted by Gasteiger charge is 2.33. The second-order valence-electron chi connectivity index (χ2n) is 7.20. The standard InChI is InChI=1S/C20H25N3O3/c1-25-12-16-10-22(19(24)13-26-17-5-3-2-4-6-17)11-18-20(16)23(14-21-18)9-15-7-8-15/h2-6,14-16H,7-13H2,1H3. The van der Waals surface area contributed by atoms with Crippen molar-refractivity contribution in [2.24, 2.45) is 5.92 Å². The van der Waals surface area contributed by atoms with Gasteiger partial charge in [0.05, 0.1) is 25.2 Å². The summed E-state index contributed by atoms with van der Waals surface area (Å²) in [4.78, 5) is 19.1. The quantitative estimate of drug-likeness (QED) is 0.765. The van der Waals surface area contributed by atoms with Gasteiger partial charge in [0.25, 0.3) is 5.91 Å². The summed E-state index contributed by atoms with van der Waals surface area (Å²) in [6.07, 6.45) is 4.55. The molecule has 6 nitrogen and oxygen atoms in total. The van der Waals surface area contributed by atoms with Gasteiger partial charge in [-0.1, -0.05) is 18.2 Å². The van der Waals surface area contributed by atoms with E-state index >= 15 is 0 Å². The lowest BCUT2D eigenvalue weighted by atomic mass is 9.98. The van der Waals surface area contributed by atoms with Crippen LogP contribution in [0.3, 0.4) is 0 Å². The minimum Gasteiger partial charge on any atom is -0.484 e. The van der Waals surface area contributed by atoms with Gasteiger partial charge < -0.3 is 18.9 Å². The number of hydrogen-bond donors (Lipinski definition) is 0. The van der Waals surface area contributed by atoms with E-state index in [1.165, 1.54) is 18.5 Å². The van der Waals surface area contributed by atoms with E-state index in [9.17, 15) is 4.79 Å². The molecular formula is C20H25N3O3. The van der Waals surface area contributed by atoms with Gasteiger partial charge in [-0.3, -0.25) is 4.79 Å². The zero-order chi connectivity index (χ0) is 17.9. The molecule has 1 atom stereocenters. The molecule has 2 heterocycles. The van der Waals surface area contributed by atoms with E-state index in [1.54, 1.807) is 7.11 Å². The van der Waals surface area contributed by atoms with Crippen molar-refractivity contribution in [2.45, 2.75) is 31.8 Å². The van der Waals surface area contributed by atoms with Crippen LogP contribution in [0.15, 0.2) is 36.7 Å². The molecule has 1 fully saturated rings. The highest BCUT2D eigenvalue weighted by Crippen LogP contribution is 2.34. The van der Waals surface area contributed by atoms with Crippen LogP contribution in [0, 0.1) is 5.92 Å². The molecule has 1 aromatic heterocycles. The summed E-state index contributed by atoms with van der Waals surface area (Å²) >= 11 is 0. The largest absolute Gasteiger partial charge is 0.484 e. The topological polar surface area (TPSA) is 56.6 Å². The third-order valence-corrected chi connectivity index (χ3v) is 5.10. The van der Waals surface area contributed by atoms with Gasteiger partial charge in [0.2, 0.25) is 0 Å². The molecule has 0 spiro atoms. The normalized spacial score (nSPS) is 19.3. The zero-order valence-electron chi connectivity index (χ0n) is 15.1. The molecule has 1 aromatic carbocycles. The lowest BCUT2D eigenvalue weighted by Gasteiger charge is -2.33. The van der Waals surface area contributed by atoms with Crippen LogP contribution in [0.2, 0.25) is 0 Å². The van der Waals surface area contributed by atoms with Crippen molar-refractivity contribution in [1.29, 1.82) is 0 Å². The molecule has 4 rings (SSSR count). The number of nitrogens with zero attached hydrogens (tertiary/aromatic N) is 3. The van der Waals surface area contributed by atoms with Crippen molar-refractivity contribution < 1.29 is 14.3 Å². The van der Waals surface area contributed by atoms with Crippen LogP contribution < -0.4 is 4.74 Å². The zero-order valence-corrected chi connectivity index (χ0v) is 15.1. The average Bonchev–Trinajstić information content (AvgIpc) is 3.39. The SMILES string of the molecule is COCC1CN(C(=O)COc2ccccc2)Cc2ncn(CC3CC3)c21. The van der Waals surface area contributed by atoms with Crippen molar-refractivity contribution in [3.8, 4) is 5.75 Å². The van der Waals surface area contributed by atoms with Gasteiger partial charge in [-0.15, -0.1) is 0 Å². The molecule has 26 heavy (non-hydrogen) atoms. The minimum absolute atomic E-state index is 0.0163. The molecule has 0 radical (unpaired) electrons. The maximum Gasteiger partial charge on any atom is 0.260 e. The van der Waals surface area contributed by atoms with Crippen LogP contribution >= 0.6 is 0 Å². The van der Waals surface area contributed by atoms with Crippen LogP contribution in [-0.4, -0.2) is 47.2 Å². The number of hydrogen-bond acceptors (Lipinski definition) is 4. The number of methoxy groups -OCH3 is 1. The van der Waals surface area contributed by atoms with Gasteiger partial charge in [-0.2, -0.15) is 0 Å². The maximum atomic E-state index is 12.7. The van der Waals surface area contributed by atoms with Gasteiger partial charge in [0.1, 0.15) is 5.75 Å². The molecule has 2 aromatic rings. The molecule has 0 N–H and O–H groups in total. The molecule has 138 valence electrons. The summed E-state index contributed by atoms with van der Waals surface area (Å²) in [5.41, 5.74) is 2.23. The first kappa shape index (κ1) is 17.1. The lowest BCUT2D eigenvalue weighted by Crippen LogP contribution is -2.42. The second kappa shape index (κ2) is 7.50. The minimum atomic E-state index is -0.0163. The number of carbonyl (C=O) groups excluding carboxylic acids is 1. The van der Waals surface area contributed by atoms with Crippen LogP contribution in [0.1, 0.15) is 30.1 Å². The van der Waals surface area contributed by atoms with Crippen molar-refractivity contribution in [3.63, 3.8) is 0 Å². The Kier molecular flexibility index (Phi) is 4.93. The number of fused-ring (bicyclic) bond motifs is 1. The summed E-state index contributed by atoms with van der Waals surface area (Å²) in [5.74, 6) is 1.64. The first-order valence-corrected chi connectivity index (χ1v) is 9.23. The molecule has 1 amide bonds. The summed E-state index contributed by atoms with van der Waals surface area (Å²) in [7, 11) is 1.71. The molecule has 1 saturated carbocycles. The number of amides is 1. The summed E-state index contributed by atoms with van der Waals surface area (Å²) in [5, 5.41) is 0. The maximum absolute atomic E-state index is 12.7. The highest BCUT2D eigenvalue weighted by atomic mass is 16.5. The molecule has 6 heteroatoms. The third-order valence-electron chi connectivity index (χ3n) is 5.10. The smallest absolute Gasteiger partial charge is 0.260 e. The lowest BCUT2D eigenvalue weighted by molar-refractivity contribution is -0.135. The number of rotatable bonds is 7. The Morgan fingerprint density at radius 1 is 1.27 bits per heavy atom. The molecule has 1 aliphatic carbocycles. The Morgan fingerprint density at radius 2 is 2.08 bits per heavy atom. The molecule has 1 unspecified atom stereocenters.